The van der Waals surface area contributed by atoms with Crippen LogP contribution in [0.2, 0.25) is 0 Å². The van der Waals surface area contributed by atoms with E-state index in [-0.39, 0.29) is 0 Å². The Kier molecular flexibility index (Phi) is 5.86. The first-order valence-corrected chi connectivity index (χ1v) is 8.09. The summed E-state index contributed by atoms with van der Waals surface area (Å²) in [6, 6.07) is 7.82. The molecule has 0 aliphatic heterocycles. The highest BCUT2D eigenvalue weighted by Crippen LogP contribution is 2.38. The summed E-state index contributed by atoms with van der Waals surface area (Å²) < 4.78 is 11.3. The van der Waals surface area contributed by atoms with E-state index in [9.17, 15) is 4.79 Å². The molecule has 4 nitrogen and oxygen atoms in total. The highest BCUT2D eigenvalue weighted by Gasteiger charge is 2.18. The van der Waals surface area contributed by atoms with Crippen LogP contribution in [-0.4, -0.2) is 25.3 Å². The Morgan fingerprint density at radius 2 is 1.68 bits per heavy atom. The number of hydrogen-bond acceptors (Lipinski definition) is 3. The van der Waals surface area contributed by atoms with Crippen molar-refractivity contribution in [3.8, 4) is 11.5 Å². The molecule has 0 aromatic heterocycles. The van der Waals surface area contributed by atoms with Gasteiger partial charge in [-0.05, 0) is 54.7 Å². The lowest BCUT2D eigenvalue weighted by atomic mass is 9.92. The van der Waals surface area contributed by atoms with Crippen molar-refractivity contribution in [2.24, 2.45) is 0 Å². The first kappa shape index (κ1) is 18.6. The predicted molar refractivity (Wildman–Crippen MR) is 99.7 cm³/mol. The van der Waals surface area contributed by atoms with Crippen LogP contribution in [0.1, 0.15) is 33.4 Å². The molecule has 2 aromatic carbocycles. The van der Waals surface area contributed by atoms with Gasteiger partial charge >= 0.3 is 5.97 Å². The number of carbonyl (C=O) groups is 1. The molecule has 0 fully saturated rings. The third-order valence-electron chi connectivity index (χ3n) is 4.47. The van der Waals surface area contributed by atoms with Gasteiger partial charge in [0, 0.05) is 18.1 Å². The van der Waals surface area contributed by atoms with Crippen LogP contribution in [0.5, 0.6) is 11.5 Å². The summed E-state index contributed by atoms with van der Waals surface area (Å²) in [6.45, 7) is 6.10. The molecule has 0 aliphatic rings. The van der Waals surface area contributed by atoms with E-state index in [2.05, 4.69) is 0 Å². The van der Waals surface area contributed by atoms with Crippen LogP contribution in [0, 0.1) is 20.8 Å². The van der Waals surface area contributed by atoms with Crippen LogP contribution in [0.3, 0.4) is 0 Å². The Morgan fingerprint density at radius 1 is 1.04 bits per heavy atom. The molecule has 2 aromatic rings. The van der Waals surface area contributed by atoms with Crippen molar-refractivity contribution in [3.05, 3.63) is 63.7 Å². The number of aliphatic carboxylic acids is 1. The van der Waals surface area contributed by atoms with Gasteiger partial charge in [0.25, 0.3) is 0 Å². The highest BCUT2D eigenvalue weighted by molar-refractivity contribution is 5.85. The third kappa shape index (κ3) is 4.02. The maximum atomic E-state index is 10.7. The van der Waals surface area contributed by atoms with Gasteiger partial charge in [-0.2, -0.15) is 0 Å². The Hall–Kier alpha value is -2.75. The molecule has 0 spiro atoms. The molecular formula is C21H24O4. The molecule has 0 atom stereocenters. The fourth-order valence-electron chi connectivity index (χ4n) is 3.13. The molecule has 0 amide bonds. The lowest BCUT2D eigenvalue weighted by Gasteiger charge is -2.20. The number of benzene rings is 2. The van der Waals surface area contributed by atoms with Gasteiger partial charge < -0.3 is 14.6 Å². The summed E-state index contributed by atoms with van der Waals surface area (Å²) in [5.41, 5.74) is 6.24. The zero-order valence-corrected chi connectivity index (χ0v) is 15.3. The first-order chi connectivity index (χ1) is 11.9. The van der Waals surface area contributed by atoms with E-state index < -0.39 is 5.97 Å². The average Bonchev–Trinajstić information content (AvgIpc) is 2.59. The average molecular weight is 340 g/mol. The van der Waals surface area contributed by atoms with E-state index in [1.54, 1.807) is 20.3 Å². The summed E-state index contributed by atoms with van der Waals surface area (Å²) >= 11 is 0. The molecule has 132 valence electrons. The van der Waals surface area contributed by atoms with Crippen LogP contribution < -0.4 is 9.47 Å². The molecule has 0 aliphatic carbocycles. The second kappa shape index (κ2) is 7.88. The number of carboxylic acids is 1. The topological polar surface area (TPSA) is 55.8 Å². The van der Waals surface area contributed by atoms with Gasteiger partial charge in [-0.25, -0.2) is 4.79 Å². The molecule has 2 rings (SSSR count). The van der Waals surface area contributed by atoms with Crippen LogP contribution >= 0.6 is 0 Å². The molecule has 4 heteroatoms. The fraction of sp³-hybridized carbons (Fsp3) is 0.286. The minimum Gasteiger partial charge on any atom is -0.496 e. The number of carboxylic acid groups (broad SMARTS) is 1. The molecule has 0 saturated heterocycles. The van der Waals surface area contributed by atoms with Gasteiger partial charge in [-0.3, -0.25) is 0 Å². The van der Waals surface area contributed by atoms with E-state index in [0.717, 1.165) is 51.0 Å². The van der Waals surface area contributed by atoms with Gasteiger partial charge in [0.15, 0.2) is 0 Å². The third-order valence-corrected chi connectivity index (χ3v) is 4.47. The number of rotatable bonds is 6. The lowest BCUT2D eigenvalue weighted by Crippen LogP contribution is -2.04. The van der Waals surface area contributed by atoms with Crippen molar-refractivity contribution in [3.63, 3.8) is 0 Å². The standard InChI is InChI=1S/C21H24O4/c1-13-14(2)21(25-5)18(15(3)20(13)24-4)12-17-8-6-7-16(11-17)9-10-19(22)23/h6-11H,12H2,1-5H3,(H,22,23)/b10-9+. The van der Waals surface area contributed by atoms with Crippen LogP contribution in [-0.2, 0) is 11.2 Å². The summed E-state index contributed by atoms with van der Waals surface area (Å²) in [6.07, 6.45) is 3.42. The van der Waals surface area contributed by atoms with Gasteiger partial charge in [-0.1, -0.05) is 24.3 Å². The SMILES string of the molecule is COc1c(C)c(C)c(OC)c(Cc2cccc(/C=C/C(=O)O)c2)c1C. The van der Waals surface area contributed by atoms with Crippen molar-refractivity contribution < 1.29 is 19.4 Å². The van der Waals surface area contributed by atoms with Crippen molar-refractivity contribution in [2.75, 3.05) is 14.2 Å². The first-order valence-electron chi connectivity index (χ1n) is 8.09. The lowest BCUT2D eigenvalue weighted by molar-refractivity contribution is -0.131. The molecule has 0 heterocycles. The molecule has 0 unspecified atom stereocenters. The predicted octanol–water partition coefficient (Wildman–Crippen LogP) is 4.32. The summed E-state index contributed by atoms with van der Waals surface area (Å²) in [7, 11) is 3.37. The van der Waals surface area contributed by atoms with Crippen molar-refractivity contribution in [1.82, 2.24) is 0 Å². The van der Waals surface area contributed by atoms with Gasteiger partial charge in [0.1, 0.15) is 11.5 Å². The normalized spacial score (nSPS) is 10.9. The quantitative estimate of drug-likeness (QED) is 0.796. The highest BCUT2D eigenvalue weighted by atomic mass is 16.5. The van der Waals surface area contributed by atoms with Gasteiger partial charge in [0.2, 0.25) is 0 Å². The second-order valence-corrected chi connectivity index (χ2v) is 6.01. The second-order valence-electron chi connectivity index (χ2n) is 6.01. The van der Waals surface area contributed by atoms with Gasteiger partial charge in [0.05, 0.1) is 14.2 Å². The van der Waals surface area contributed by atoms with Crippen molar-refractivity contribution in [2.45, 2.75) is 27.2 Å². The minimum absolute atomic E-state index is 0.682. The maximum absolute atomic E-state index is 10.7. The van der Waals surface area contributed by atoms with E-state index in [4.69, 9.17) is 14.6 Å². The fourth-order valence-corrected chi connectivity index (χ4v) is 3.13. The smallest absolute Gasteiger partial charge is 0.328 e. The van der Waals surface area contributed by atoms with Crippen molar-refractivity contribution >= 4 is 12.0 Å². The van der Waals surface area contributed by atoms with Gasteiger partial charge in [-0.15, -0.1) is 0 Å². The summed E-state index contributed by atoms with van der Waals surface area (Å²) in [4.78, 5) is 10.7. The Labute approximate surface area is 148 Å². The summed E-state index contributed by atoms with van der Waals surface area (Å²) in [5, 5.41) is 8.78. The van der Waals surface area contributed by atoms with E-state index in [0.29, 0.717) is 6.42 Å². The molecule has 0 radical (unpaired) electrons. The van der Waals surface area contributed by atoms with E-state index >= 15 is 0 Å². The number of methoxy groups -OCH3 is 2. The zero-order chi connectivity index (χ0) is 18.6. The molecule has 25 heavy (non-hydrogen) atoms. The van der Waals surface area contributed by atoms with E-state index in [1.165, 1.54) is 0 Å². The van der Waals surface area contributed by atoms with Crippen molar-refractivity contribution in [1.29, 1.82) is 0 Å². The van der Waals surface area contributed by atoms with Crippen LogP contribution in [0.15, 0.2) is 30.3 Å². The molecule has 1 N–H and O–H groups in total. The maximum Gasteiger partial charge on any atom is 0.328 e. The molecule has 0 bridgehead atoms. The van der Waals surface area contributed by atoms with Crippen LogP contribution in [0.4, 0.5) is 0 Å². The number of hydrogen-bond donors (Lipinski definition) is 1. The number of ether oxygens (including phenoxy) is 2. The molecule has 0 saturated carbocycles. The zero-order valence-electron chi connectivity index (χ0n) is 15.3. The largest absolute Gasteiger partial charge is 0.496 e. The summed E-state index contributed by atoms with van der Waals surface area (Å²) in [5.74, 6) is 0.805. The molecular weight excluding hydrogens is 316 g/mol. The van der Waals surface area contributed by atoms with E-state index in [1.807, 2.05) is 45.0 Å². The minimum atomic E-state index is -0.957. The Morgan fingerprint density at radius 3 is 2.28 bits per heavy atom. The van der Waals surface area contributed by atoms with Crippen LogP contribution in [0.25, 0.3) is 6.08 Å². The Balaban J connectivity index is 2.48. The monoisotopic (exact) mass is 340 g/mol. The Bertz CT molecular complexity index is 819.